The maximum atomic E-state index is 11.4. The average Bonchev–Trinajstić information content (AvgIpc) is 3.22. The average molecular weight is 457 g/mol. The van der Waals surface area contributed by atoms with Crippen molar-refractivity contribution in [3.05, 3.63) is 106 Å². The number of fused-ring (bicyclic) bond motifs is 1. The van der Waals surface area contributed by atoms with Gasteiger partial charge < -0.3 is 4.74 Å². The Morgan fingerprint density at radius 1 is 1.06 bits per heavy atom. The van der Waals surface area contributed by atoms with E-state index in [2.05, 4.69) is 53.2 Å². The minimum atomic E-state index is -0.378. The Hall–Kier alpha value is -3.63. The minimum absolute atomic E-state index is 0.378. The van der Waals surface area contributed by atoms with Gasteiger partial charge in [-0.05, 0) is 64.1 Å². The van der Waals surface area contributed by atoms with Crippen LogP contribution in [0.5, 0.6) is 0 Å². The number of ether oxygens (including phenoxy) is 1. The number of aromatic nitrogens is 2. The molecule has 0 aliphatic rings. The summed E-state index contributed by atoms with van der Waals surface area (Å²) in [5.74, 6) is -0.378. The van der Waals surface area contributed by atoms with E-state index in [-0.39, 0.29) is 5.97 Å². The van der Waals surface area contributed by atoms with Crippen LogP contribution in [0.4, 0.5) is 0 Å². The van der Waals surface area contributed by atoms with Gasteiger partial charge in [0.25, 0.3) is 0 Å². The molecular formula is C28H25ClN2O2. The molecule has 4 aromatic rings. The molecule has 0 N–H and O–H groups in total. The van der Waals surface area contributed by atoms with Crippen LogP contribution in [0, 0.1) is 0 Å². The largest absolute Gasteiger partial charge is 0.466 e. The highest BCUT2D eigenvalue weighted by molar-refractivity contribution is 6.32. The molecule has 0 unspecified atom stereocenters. The van der Waals surface area contributed by atoms with Crippen molar-refractivity contribution in [2.24, 2.45) is 7.05 Å². The van der Waals surface area contributed by atoms with Gasteiger partial charge in [-0.25, -0.2) is 4.79 Å². The molecule has 166 valence electrons. The molecule has 0 bridgehead atoms. The lowest BCUT2D eigenvalue weighted by Crippen LogP contribution is -1.97. The summed E-state index contributed by atoms with van der Waals surface area (Å²) in [6.45, 7) is 2.15. The number of benzene rings is 3. The molecular weight excluding hydrogens is 432 g/mol. The molecule has 0 radical (unpaired) electrons. The number of halogens is 1. The van der Waals surface area contributed by atoms with Crippen LogP contribution < -0.4 is 0 Å². The maximum absolute atomic E-state index is 11.4. The van der Waals surface area contributed by atoms with Crippen molar-refractivity contribution in [1.82, 2.24) is 9.78 Å². The van der Waals surface area contributed by atoms with E-state index >= 15 is 0 Å². The fourth-order valence-corrected chi connectivity index (χ4v) is 4.29. The number of esters is 1. The van der Waals surface area contributed by atoms with Crippen molar-refractivity contribution in [3.8, 4) is 0 Å². The van der Waals surface area contributed by atoms with E-state index in [1.54, 1.807) is 6.08 Å². The molecule has 33 heavy (non-hydrogen) atoms. The van der Waals surface area contributed by atoms with Gasteiger partial charge in [-0.15, -0.1) is 0 Å². The monoisotopic (exact) mass is 456 g/mol. The topological polar surface area (TPSA) is 44.1 Å². The van der Waals surface area contributed by atoms with Gasteiger partial charge in [-0.2, -0.15) is 5.10 Å². The van der Waals surface area contributed by atoms with Crippen LogP contribution in [0.25, 0.3) is 28.1 Å². The number of nitrogens with zero attached hydrogens (tertiary/aromatic N) is 2. The smallest absolute Gasteiger partial charge is 0.330 e. The van der Waals surface area contributed by atoms with Crippen molar-refractivity contribution in [2.75, 3.05) is 7.11 Å². The van der Waals surface area contributed by atoms with Crippen LogP contribution in [-0.4, -0.2) is 22.9 Å². The van der Waals surface area contributed by atoms with Crippen LogP contribution in [0.2, 0.25) is 5.02 Å². The summed E-state index contributed by atoms with van der Waals surface area (Å²) in [6, 6.07) is 22.5. The van der Waals surface area contributed by atoms with Gasteiger partial charge in [0.05, 0.1) is 18.8 Å². The van der Waals surface area contributed by atoms with Gasteiger partial charge in [0.2, 0.25) is 0 Å². The van der Waals surface area contributed by atoms with Crippen molar-refractivity contribution < 1.29 is 9.53 Å². The van der Waals surface area contributed by atoms with Gasteiger partial charge in [-0.3, -0.25) is 4.68 Å². The Morgan fingerprint density at radius 3 is 2.48 bits per heavy atom. The van der Waals surface area contributed by atoms with Crippen LogP contribution in [0.3, 0.4) is 0 Å². The van der Waals surface area contributed by atoms with Gasteiger partial charge in [0.15, 0.2) is 0 Å². The molecule has 0 saturated heterocycles. The van der Waals surface area contributed by atoms with E-state index in [1.165, 1.54) is 18.8 Å². The standard InChI is InChI=1S/C28H25ClN2O2/c1-4-23(24-7-5-6-8-25(24)29)28(21-14-15-26-22(17-21)18-30-31(26)2)20-12-9-19(10-13-20)11-16-27(32)33-3/h5-18H,4H2,1-3H3/b16-11+,28-23+. The van der Waals surface area contributed by atoms with Crippen LogP contribution in [0.1, 0.15) is 35.6 Å². The zero-order valence-corrected chi connectivity index (χ0v) is 19.6. The first-order valence-electron chi connectivity index (χ1n) is 10.8. The Labute approximate surface area is 198 Å². The third-order valence-corrected chi connectivity index (χ3v) is 6.03. The fraction of sp³-hybridized carbons (Fsp3) is 0.143. The fourth-order valence-electron chi connectivity index (χ4n) is 4.04. The van der Waals surface area contributed by atoms with Crippen molar-refractivity contribution in [3.63, 3.8) is 0 Å². The minimum Gasteiger partial charge on any atom is -0.466 e. The Kier molecular flexibility index (Phi) is 6.76. The van der Waals surface area contributed by atoms with Gasteiger partial charge in [0, 0.05) is 23.5 Å². The zero-order chi connectivity index (χ0) is 23.4. The van der Waals surface area contributed by atoms with E-state index < -0.39 is 0 Å². The molecule has 0 amide bonds. The molecule has 1 aromatic heterocycles. The van der Waals surface area contributed by atoms with Crippen molar-refractivity contribution >= 4 is 45.7 Å². The van der Waals surface area contributed by atoms with Crippen molar-refractivity contribution in [2.45, 2.75) is 13.3 Å². The summed E-state index contributed by atoms with van der Waals surface area (Å²) in [5.41, 5.74) is 7.49. The summed E-state index contributed by atoms with van der Waals surface area (Å²) >= 11 is 6.62. The van der Waals surface area contributed by atoms with Crippen molar-refractivity contribution in [1.29, 1.82) is 0 Å². The van der Waals surface area contributed by atoms with Crippen LogP contribution in [-0.2, 0) is 16.6 Å². The normalized spacial score (nSPS) is 12.2. The Bertz CT molecular complexity index is 1360. The molecule has 0 spiro atoms. The molecule has 1 heterocycles. The molecule has 4 nitrogen and oxygen atoms in total. The predicted molar refractivity (Wildman–Crippen MR) is 136 cm³/mol. The summed E-state index contributed by atoms with van der Waals surface area (Å²) < 4.78 is 6.56. The first-order chi connectivity index (χ1) is 16.0. The number of allylic oxidation sites excluding steroid dienone is 1. The summed E-state index contributed by atoms with van der Waals surface area (Å²) in [4.78, 5) is 11.4. The quantitative estimate of drug-likeness (QED) is 0.182. The van der Waals surface area contributed by atoms with Gasteiger partial charge in [0.1, 0.15) is 0 Å². The lowest BCUT2D eigenvalue weighted by molar-refractivity contribution is -0.134. The molecule has 0 fully saturated rings. The second kappa shape index (κ2) is 9.88. The summed E-state index contributed by atoms with van der Waals surface area (Å²) in [6.07, 6.45) is 5.87. The zero-order valence-electron chi connectivity index (χ0n) is 18.9. The Balaban J connectivity index is 1.90. The third-order valence-electron chi connectivity index (χ3n) is 5.70. The Morgan fingerprint density at radius 2 is 1.79 bits per heavy atom. The number of aryl methyl sites for hydroxylation is 1. The van der Waals surface area contributed by atoms with E-state index in [0.717, 1.165) is 50.2 Å². The third kappa shape index (κ3) is 4.76. The number of hydrogen-bond acceptors (Lipinski definition) is 3. The van der Waals surface area contributed by atoms with Gasteiger partial charge in [-0.1, -0.05) is 67.1 Å². The van der Waals surface area contributed by atoms with E-state index in [4.69, 9.17) is 11.6 Å². The predicted octanol–water partition coefficient (Wildman–Crippen LogP) is 6.78. The van der Waals surface area contributed by atoms with Crippen LogP contribution in [0.15, 0.2) is 79.0 Å². The summed E-state index contributed by atoms with van der Waals surface area (Å²) in [7, 11) is 3.31. The first-order valence-corrected chi connectivity index (χ1v) is 11.2. The molecule has 0 saturated carbocycles. The van der Waals surface area contributed by atoms with Crippen LogP contribution >= 0.6 is 11.6 Å². The molecule has 4 rings (SSSR count). The SMILES string of the molecule is CC/C(=C(/c1ccc(/C=C/C(=O)OC)cc1)c1ccc2c(cnn2C)c1)c1ccccc1Cl. The highest BCUT2D eigenvalue weighted by atomic mass is 35.5. The highest BCUT2D eigenvalue weighted by Crippen LogP contribution is 2.38. The van der Waals surface area contributed by atoms with E-state index in [9.17, 15) is 4.79 Å². The second-order valence-corrected chi connectivity index (χ2v) is 8.11. The molecule has 0 aliphatic carbocycles. The summed E-state index contributed by atoms with van der Waals surface area (Å²) in [5, 5.41) is 6.21. The first kappa shape index (κ1) is 22.6. The van der Waals surface area contributed by atoms with Gasteiger partial charge >= 0.3 is 5.97 Å². The van der Waals surface area contributed by atoms with E-state index in [0.29, 0.717) is 0 Å². The number of carbonyl (C=O) groups is 1. The molecule has 5 heteroatoms. The number of carbonyl (C=O) groups excluding carboxylic acids is 1. The number of methoxy groups -OCH3 is 1. The lowest BCUT2D eigenvalue weighted by atomic mass is 9.87. The number of rotatable bonds is 6. The maximum Gasteiger partial charge on any atom is 0.330 e. The van der Waals surface area contributed by atoms with E-state index in [1.807, 2.05) is 48.3 Å². The lowest BCUT2D eigenvalue weighted by Gasteiger charge is -2.17. The molecule has 0 atom stereocenters. The molecule has 0 aliphatic heterocycles. The number of hydrogen-bond donors (Lipinski definition) is 0. The second-order valence-electron chi connectivity index (χ2n) is 7.71. The highest BCUT2D eigenvalue weighted by Gasteiger charge is 2.16. The molecule has 3 aromatic carbocycles.